The molecule has 0 radical (unpaired) electrons. The van der Waals surface area contributed by atoms with Gasteiger partial charge in [0.05, 0.1) is 39.9 Å². The van der Waals surface area contributed by atoms with Gasteiger partial charge in [0.1, 0.15) is 13.2 Å². The molecule has 69 heavy (non-hydrogen) atoms. The summed E-state index contributed by atoms with van der Waals surface area (Å²) in [4.78, 5) is 25.6. The molecule has 0 fully saturated rings. The summed E-state index contributed by atoms with van der Waals surface area (Å²) in [7, 11) is 1.31. The highest BCUT2D eigenvalue weighted by molar-refractivity contribution is 7.45. The Balaban J connectivity index is 4.15. The Morgan fingerprint density at radius 1 is 0.522 bits per heavy atom. The van der Waals surface area contributed by atoms with Crippen LogP contribution in [-0.2, 0) is 18.4 Å². The number of unbranched alkanes of at least 4 members (excludes halogenated alkanes) is 33. The second kappa shape index (κ2) is 51.4. The molecule has 8 nitrogen and oxygen atoms in total. The largest absolute Gasteiger partial charge is 0.756 e. The summed E-state index contributed by atoms with van der Waals surface area (Å²) in [5.74, 6) is -0.165. The van der Waals surface area contributed by atoms with Crippen molar-refractivity contribution in [3.05, 3.63) is 48.6 Å². The highest BCUT2D eigenvalue weighted by Gasteiger charge is 2.24. The van der Waals surface area contributed by atoms with Crippen molar-refractivity contribution in [1.82, 2.24) is 5.32 Å². The number of quaternary nitrogens is 1. The van der Waals surface area contributed by atoms with Gasteiger partial charge in [0.15, 0.2) is 0 Å². The standard InChI is InChI=1S/C60H115N2O6P/c1-6-8-10-12-14-16-18-20-22-24-26-28-30-31-32-34-36-38-40-42-44-46-48-50-52-54-60(64)61-58(57-68-69(65,66)67-56-55-62(3,4)5)59(63)53-51-49-47-45-43-41-39-37-35-33-29-27-25-23-21-19-17-15-13-11-9-7-2/h8,10,14,16,20,22,26,28,58-59,63H,6-7,9,11-13,15,17-19,21,23-25,27,29-57H2,1-5H3,(H-,61,64,65,66)/b10-8-,16-14-,22-20-,28-26-. The van der Waals surface area contributed by atoms with Crippen molar-refractivity contribution in [2.45, 2.75) is 289 Å². The van der Waals surface area contributed by atoms with Crippen molar-refractivity contribution in [2.75, 3.05) is 40.9 Å². The van der Waals surface area contributed by atoms with E-state index in [-0.39, 0.29) is 19.1 Å². The zero-order valence-corrected chi connectivity index (χ0v) is 47.2. The van der Waals surface area contributed by atoms with Crippen LogP contribution >= 0.6 is 7.82 Å². The molecule has 0 aromatic heterocycles. The lowest BCUT2D eigenvalue weighted by atomic mass is 10.0. The first-order valence-corrected chi connectivity index (χ1v) is 30.9. The zero-order chi connectivity index (χ0) is 50.6. The van der Waals surface area contributed by atoms with E-state index in [1.54, 1.807) is 0 Å². The molecule has 0 aliphatic carbocycles. The lowest BCUT2D eigenvalue weighted by Crippen LogP contribution is -2.46. The van der Waals surface area contributed by atoms with E-state index >= 15 is 0 Å². The van der Waals surface area contributed by atoms with Crippen LogP contribution < -0.4 is 10.2 Å². The molecule has 0 rings (SSSR count). The third kappa shape index (κ3) is 54.1. The van der Waals surface area contributed by atoms with Gasteiger partial charge in [0.25, 0.3) is 7.82 Å². The van der Waals surface area contributed by atoms with Gasteiger partial charge in [-0.05, 0) is 51.4 Å². The number of carbonyl (C=O) groups is 1. The third-order valence-corrected chi connectivity index (χ3v) is 14.3. The van der Waals surface area contributed by atoms with Crippen LogP contribution in [-0.4, -0.2) is 68.5 Å². The van der Waals surface area contributed by atoms with E-state index in [9.17, 15) is 19.4 Å². The molecular formula is C60H115N2O6P. The number of allylic oxidation sites excluding steroid dienone is 8. The number of hydrogen-bond acceptors (Lipinski definition) is 6. The Bertz CT molecular complexity index is 1260. The number of nitrogens with one attached hydrogen (secondary N) is 1. The number of aliphatic hydroxyl groups excluding tert-OH is 1. The highest BCUT2D eigenvalue weighted by Crippen LogP contribution is 2.38. The van der Waals surface area contributed by atoms with Crippen molar-refractivity contribution in [3.63, 3.8) is 0 Å². The zero-order valence-electron chi connectivity index (χ0n) is 46.3. The number of nitrogens with zero attached hydrogens (tertiary/aromatic N) is 1. The normalized spacial score (nSPS) is 14.2. The summed E-state index contributed by atoms with van der Waals surface area (Å²) in [5, 5.41) is 14.0. The van der Waals surface area contributed by atoms with Crippen molar-refractivity contribution in [1.29, 1.82) is 0 Å². The average Bonchev–Trinajstić information content (AvgIpc) is 3.31. The molecular weight excluding hydrogens is 876 g/mol. The maximum absolute atomic E-state index is 13.0. The Labute approximate surface area is 429 Å². The lowest BCUT2D eigenvalue weighted by Gasteiger charge is -2.30. The summed E-state index contributed by atoms with van der Waals surface area (Å²) in [6, 6.07) is -0.804. The van der Waals surface area contributed by atoms with Crippen LogP contribution in [0.25, 0.3) is 0 Å². The van der Waals surface area contributed by atoms with Crippen LogP contribution in [0.2, 0.25) is 0 Å². The molecule has 0 aliphatic rings. The average molecular weight is 992 g/mol. The smallest absolute Gasteiger partial charge is 0.268 e. The minimum atomic E-state index is -4.58. The Hall–Kier alpha value is -1.54. The van der Waals surface area contributed by atoms with Gasteiger partial charge in [0, 0.05) is 6.42 Å². The van der Waals surface area contributed by atoms with Gasteiger partial charge in [-0.25, -0.2) is 0 Å². The molecule has 9 heteroatoms. The fourth-order valence-electron chi connectivity index (χ4n) is 8.74. The van der Waals surface area contributed by atoms with Crippen LogP contribution in [0.4, 0.5) is 0 Å². The molecule has 0 saturated heterocycles. The van der Waals surface area contributed by atoms with E-state index in [0.717, 1.165) is 64.2 Å². The van der Waals surface area contributed by atoms with Crippen LogP contribution in [0, 0.1) is 0 Å². The summed E-state index contributed by atoms with van der Waals surface area (Å²) in [5.41, 5.74) is 0. The van der Waals surface area contributed by atoms with Gasteiger partial charge < -0.3 is 28.8 Å². The molecule has 0 aliphatic heterocycles. The molecule has 0 aromatic rings. The number of amides is 1. The summed E-state index contributed by atoms with van der Waals surface area (Å²) < 4.78 is 23.4. The fourth-order valence-corrected chi connectivity index (χ4v) is 9.46. The summed E-state index contributed by atoms with van der Waals surface area (Å²) in [6.45, 7) is 4.64. The number of likely N-dealkylation sites (N-methyl/N-ethyl adjacent to an activating group) is 1. The first-order valence-electron chi connectivity index (χ1n) is 29.5. The van der Waals surface area contributed by atoms with Gasteiger partial charge in [0.2, 0.25) is 5.91 Å². The molecule has 406 valence electrons. The van der Waals surface area contributed by atoms with E-state index in [2.05, 4.69) is 67.8 Å². The quantitative estimate of drug-likeness (QED) is 0.0272. The number of carbonyl (C=O) groups excluding carboxylic acids is 1. The molecule has 0 aromatic carbocycles. The number of phosphoric acid groups is 1. The van der Waals surface area contributed by atoms with E-state index in [1.807, 2.05) is 21.1 Å². The molecule has 2 N–H and O–H groups in total. The van der Waals surface area contributed by atoms with E-state index < -0.39 is 20.0 Å². The Morgan fingerprint density at radius 3 is 1.29 bits per heavy atom. The number of aliphatic hydroxyl groups is 1. The monoisotopic (exact) mass is 991 g/mol. The second-order valence-electron chi connectivity index (χ2n) is 21.3. The van der Waals surface area contributed by atoms with Gasteiger partial charge in [-0.3, -0.25) is 9.36 Å². The van der Waals surface area contributed by atoms with Gasteiger partial charge in [-0.2, -0.15) is 0 Å². The summed E-state index contributed by atoms with van der Waals surface area (Å²) >= 11 is 0. The van der Waals surface area contributed by atoms with Gasteiger partial charge >= 0.3 is 0 Å². The first-order chi connectivity index (χ1) is 33.5. The first kappa shape index (κ1) is 67.5. The lowest BCUT2D eigenvalue weighted by molar-refractivity contribution is -0.870. The van der Waals surface area contributed by atoms with Gasteiger partial charge in [-0.1, -0.05) is 268 Å². The number of phosphoric ester groups is 1. The minimum absolute atomic E-state index is 0.0115. The van der Waals surface area contributed by atoms with E-state index in [0.29, 0.717) is 23.9 Å². The maximum atomic E-state index is 13.0. The number of hydrogen-bond donors (Lipinski definition) is 2. The molecule has 0 saturated carbocycles. The molecule has 3 unspecified atom stereocenters. The number of rotatable bonds is 54. The molecule has 3 atom stereocenters. The minimum Gasteiger partial charge on any atom is -0.756 e. The van der Waals surface area contributed by atoms with Crippen LogP contribution in [0.15, 0.2) is 48.6 Å². The summed E-state index contributed by atoms with van der Waals surface area (Å²) in [6.07, 6.45) is 67.1. The third-order valence-electron chi connectivity index (χ3n) is 13.3. The van der Waals surface area contributed by atoms with Crippen molar-refractivity contribution >= 4 is 13.7 Å². The molecule has 1 amide bonds. The van der Waals surface area contributed by atoms with Crippen molar-refractivity contribution in [2.24, 2.45) is 0 Å². The van der Waals surface area contributed by atoms with E-state index in [1.165, 1.54) is 186 Å². The maximum Gasteiger partial charge on any atom is 0.268 e. The van der Waals surface area contributed by atoms with Crippen LogP contribution in [0.5, 0.6) is 0 Å². The van der Waals surface area contributed by atoms with Crippen LogP contribution in [0.1, 0.15) is 277 Å². The molecule has 0 heterocycles. The Kier molecular flexibility index (Phi) is 50.2. The second-order valence-corrected chi connectivity index (χ2v) is 22.7. The van der Waals surface area contributed by atoms with Crippen molar-refractivity contribution in [3.8, 4) is 0 Å². The topological polar surface area (TPSA) is 108 Å². The highest BCUT2D eigenvalue weighted by atomic mass is 31.2. The SMILES string of the molecule is CC/C=C\C/C=C\C/C=C\C/C=C\CCCCCCCCCCCCCCC(=O)NC(COP(=O)([O-])OCC[N+](C)(C)C)C(O)CCCCCCCCCCCCCCCCCCCCCCCC. The van der Waals surface area contributed by atoms with Gasteiger partial charge in [-0.15, -0.1) is 0 Å². The molecule has 0 spiro atoms. The predicted molar refractivity (Wildman–Crippen MR) is 298 cm³/mol. The molecule has 0 bridgehead atoms. The van der Waals surface area contributed by atoms with Crippen molar-refractivity contribution < 1.29 is 32.9 Å². The Morgan fingerprint density at radius 2 is 0.884 bits per heavy atom. The van der Waals surface area contributed by atoms with Crippen LogP contribution in [0.3, 0.4) is 0 Å². The predicted octanol–water partition coefficient (Wildman–Crippen LogP) is 17.3. The van der Waals surface area contributed by atoms with E-state index in [4.69, 9.17) is 9.05 Å². The fraction of sp³-hybridized carbons (Fsp3) is 0.850.